The molecule has 4 unspecified atom stereocenters. The van der Waals surface area contributed by atoms with Gasteiger partial charge in [0.15, 0.2) is 0 Å². The maximum Gasteiger partial charge on any atom is 0.303 e. The summed E-state index contributed by atoms with van der Waals surface area (Å²) in [5, 5.41) is 8.63. The predicted molar refractivity (Wildman–Crippen MR) is 101 cm³/mol. The van der Waals surface area contributed by atoms with Crippen LogP contribution in [0.4, 0.5) is 0 Å². The normalized spacial score (nSPS) is 29.0. The third-order valence-electron chi connectivity index (χ3n) is 6.90. The largest absolute Gasteiger partial charge is 0.481 e. The Morgan fingerprint density at radius 1 is 0.750 bits per heavy atom. The van der Waals surface area contributed by atoms with E-state index < -0.39 is 5.97 Å². The number of carbonyl (C=O) groups is 1. The molecule has 2 heteroatoms. The first-order valence-corrected chi connectivity index (χ1v) is 10.9. The van der Waals surface area contributed by atoms with E-state index in [1.165, 1.54) is 77.0 Å². The SMILES string of the molecule is CCCCCC1CCC1CC1CCC1CCCCCCCC(=O)O. The minimum absolute atomic E-state index is 0.353. The van der Waals surface area contributed by atoms with E-state index in [1.54, 1.807) is 6.42 Å². The molecule has 2 rings (SSSR count). The van der Waals surface area contributed by atoms with E-state index in [-0.39, 0.29) is 0 Å². The molecule has 4 atom stereocenters. The number of rotatable bonds is 14. The summed E-state index contributed by atoms with van der Waals surface area (Å²) in [6, 6.07) is 0. The molecule has 140 valence electrons. The van der Waals surface area contributed by atoms with E-state index in [9.17, 15) is 4.79 Å². The van der Waals surface area contributed by atoms with Gasteiger partial charge in [0.2, 0.25) is 0 Å². The highest BCUT2D eigenvalue weighted by atomic mass is 16.4. The number of unbranched alkanes of at least 4 members (excludes halogenated alkanes) is 6. The average molecular weight is 337 g/mol. The molecule has 0 aromatic heterocycles. The highest BCUT2D eigenvalue weighted by molar-refractivity contribution is 5.66. The lowest BCUT2D eigenvalue weighted by Gasteiger charge is -2.45. The monoisotopic (exact) mass is 336 g/mol. The Morgan fingerprint density at radius 3 is 1.75 bits per heavy atom. The van der Waals surface area contributed by atoms with Gasteiger partial charge in [-0.15, -0.1) is 0 Å². The molecule has 1 N–H and O–H groups in total. The molecule has 0 aliphatic heterocycles. The zero-order chi connectivity index (χ0) is 17.2. The molecule has 2 saturated carbocycles. The van der Waals surface area contributed by atoms with Gasteiger partial charge in [-0.1, -0.05) is 64.7 Å². The van der Waals surface area contributed by atoms with Crippen LogP contribution in [0, 0.1) is 23.7 Å². The zero-order valence-electron chi connectivity index (χ0n) is 16.0. The summed E-state index contributed by atoms with van der Waals surface area (Å²) < 4.78 is 0. The van der Waals surface area contributed by atoms with Crippen LogP contribution < -0.4 is 0 Å². The van der Waals surface area contributed by atoms with Gasteiger partial charge in [-0.05, 0) is 62.2 Å². The van der Waals surface area contributed by atoms with Crippen molar-refractivity contribution in [3.05, 3.63) is 0 Å². The first-order valence-electron chi connectivity index (χ1n) is 10.9. The summed E-state index contributed by atoms with van der Waals surface area (Å²) in [5.41, 5.74) is 0. The molecule has 24 heavy (non-hydrogen) atoms. The Hall–Kier alpha value is -0.530. The lowest BCUT2D eigenvalue weighted by Crippen LogP contribution is -2.34. The van der Waals surface area contributed by atoms with Crippen molar-refractivity contribution in [1.29, 1.82) is 0 Å². The summed E-state index contributed by atoms with van der Waals surface area (Å²) in [6.07, 6.45) is 21.0. The first-order chi connectivity index (χ1) is 11.7. The van der Waals surface area contributed by atoms with Gasteiger partial charge < -0.3 is 5.11 Å². The maximum atomic E-state index is 10.5. The van der Waals surface area contributed by atoms with Crippen LogP contribution in [0.5, 0.6) is 0 Å². The number of carboxylic acids is 1. The molecule has 0 saturated heterocycles. The molecule has 0 radical (unpaired) electrons. The Morgan fingerprint density at radius 2 is 1.25 bits per heavy atom. The second-order valence-corrected chi connectivity index (χ2v) is 8.63. The molecule has 2 aliphatic carbocycles. The second kappa shape index (κ2) is 11.2. The van der Waals surface area contributed by atoms with Crippen LogP contribution >= 0.6 is 0 Å². The minimum Gasteiger partial charge on any atom is -0.481 e. The Labute approximate surface area is 149 Å². The van der Waals surface area contributed by atoms with E-state index in [0.29, 0.717) is 6.42 Å². The van der Waals surface area contributed by atoms with Gasteiger partial charge in [0.1, 0.15) is 0 Å². The van der Waals surface area contributed by atoms with E-state index in [0.717, 1.165) is 36.5 Å². The number of hydrogen-bond donors (Lipinski definition) is 1. The van der Waals surface area contributed by atoms with Crippen LogP contribution in [-0.4, -0.2) is 11.1 Å². The summed E-state index contributed by atoms with van der Waals surface area (Å²) in [7, 11) is 0. The number of carboxylic acid groups (broad SMARTS) is 1. The molecular weight excluding hydrogens is 296 g/mol. The van der Waals surface area contributed by atoms with E-state index in [4.69, 9.17) is 5.11 Å². The third-order valence-corrected chi connectivity index (χ3v) is 6.90. The average Bonchev–Trinajstić information content (AvgIpc) is 2.51. The minimum atomic E-state index is -0.642. The fourth-order valence-electron chi connectivity index (χ4n) is 4.92. The van der Waals surface area contributed by atoms with Crippen LogP contribution in [0.15, 0.2) is 0 Å². The summed E-state index contributed by atoms with van der Waals surface area (Å²) in [4.78, 5) is 10.5. The van der Waals surface area contributed by atoms with Crippen molar-refractivity contribution in [3.8, 4) is 0 Å². The predicted octanol–water partition coefficient (Wildman–Crippen LogP) is 6.82. The highest BCUT2D eigenvalue weighted by Crippen LogP contribution is 2.48. The molecule has 2 nitrogen and oxygen atoms in total. The molecule has 0 aromatic carbocycles. The maximum absolute atomic E-state index is 10.5. The van der Waals surface area contributed by atoms with E-state index in [2.05, 4.69) is 6.92 Å². The van der Waals surface area contributed by atoms with E-state index >= 15 is 0 Å². The first kappa shape index (κ1) is 19.8. The smallest absolute Gasteiger partial charge is 0.303 e. The third kappa shape index (κ3) is 6.76. The standard InChI is InChI=1S/C22H40O2/c1-2-3-7-10-18-13-15-20(18)17-21-16-14-19(21)11-8-5-4-6-9-12-22(23)24/h18-21H,2-17H2,1H3,(H,23,24). The van der Waals surface area contributed by atoms with E-state index in [1.807, 2.05) is 0 Å². The molecule has 0 bridgehead atoms. The van der Waals surface area contributed by atoms with Crippen LogP contribution in [0.3, 0.4) is 0 Å². The molecular formula is C22H40O2. The Bertz CT molecular complexity index is 352. The quantitative estimate of drug-likeness (QED) is 0.353. The summed E-state index contributed by atoms with van der Waals surface area (Å²) in [6.45, 7) is 2.31. The Kier molecular flexibility index (Phi) is 9.20. The van der Waals surface area contributed by atoms with Crippen LogP contribution in [0.1, 0.15) is 110 Å². The topological polar surface area (TPSA) is 37.3 Å². The zero-order valence-corrected chi connectivity index (χ0v) is 16.0. The van der Waals surface area contributed by atoms with Crippen molar-refractivity contribution in [2.45, 2.75) is 110 Å². The van der Waals surface area contributed by atoms with Crippen molar-refractivity contribution in [3.63, 3.8) is 0 Å². The lowest BCUT2D eigenvalue weighted by atomic mass is 9.61. The van der Waals surface area contributed by atoms with Crippen molar-refractivity contribution < 1.29 is 9.90 Å². The molecule has 0 heterocycles. The summed E-state index contributed by atoms with van der Waals surface area (Å²) in [5.74, 6) is 3.59. The van der Waals surface area contributed by atoms with Crippen LogP contribution in [-0.2, 0) is 4.79 Å². The van der Waals surface area contributed by atoms with Crippen LogP contribution in [0.25, 0.3) is 0 Å². The fraction of sp³-hybridized carbons (Fsp3) is 0.955. The van der Waals surface area contributed by atoms with Crippen molar-refractivity contribution >= 4 is 5.97 Å². The second-order valence-electron chi connectivity index (χ2n) is 8.63. The molecule has 2 aliphatic rings. The van der Waals surface area contributed by atoms with Gasteiger partial charge in [-0.2, -0.15) is 0 Å². The molecule has 0 spiro atoms. The van der Waals surface area contributed by atoms with Gasteiger partial charge in [0.05, 0.1) is 0 Å². The van der Waals surface area contributed by atoms with Crippen molar-refractivity contribution in [2.75, 3.05) is 0 Å². The molecule has 2 fully saturated rings. The van der Waals surface area contributed by atoms with Gasteiger partial charge >= 0.3 is 5.97 Å². The fourth-order valence-corrected chi connectivity index (χ4v) is 4.92. The van der Waals surface area contributed by atoms with Gasteiger partial charge in [0.25, 0.3) is 0 Å². The molecule has 0 aromatic rings. The van der Waals surface area contributed by atoms with Gasteiger partial charge in [0, 0.05) is 6.42 Å². The van der Waals surface area contributed by atoms with Crippen molar-refractivity contribution in [2.24, 2.45) is 23.7 Å². The molecule has 0 amide bonds. The van der Waals surface area contributed by atoms with Crippen molar-refractivity contribution in [1.82, 2.24) is 0 Å². The number of aliphatic carboxylic acids is 1. The Balaban J connectivity index is 1.48. The lowest BCUT2D eigenvalue weighted by molar-refractivity contribution is -0.137. The van der Waals surface area contributed by atoms with Crippen LogP contribution in [0.2, 0.25) is 0 Å². The number of hydrogen-bond acceptors (Lipinski definition) is 1. The highest BCUT2D eigenvalue weighted by Gasteiger charge is 2.37. The van der Waals surface area contributed by atoms with Gasteiger partial charge in [-0.25, -0.2) is 0 Å². The summed E-state index contributed by atoms with van der Waals surface area (Å²) >= 11 is 0. The van der Waals surface area contributed by atoms with Gasteiger partial charge in [-0.3, -0.25) is 4.79 Å².